The molecule has 2 heterocycles. The first kappa shape index (κ1) is 20.3. The molecule has 0 saturated carbocycles. The van der Waals surface area contributed by atoms with Crippen molar-refractivity contribution in [3.8, 4) is 0 Å². The van der Waals surface area contributed by atoms with Crippen LogP contribution in [0.2, 0.25) is 0 Å². The quantitative estimate of drug-likeness (QED) is 0.839. The number of carboxylic acid groups (broad SMARTS) is 1. The van der Waals surface area contributed by atoms with Crippen molar-refractivity contribution in [3.63, 3.8) is 0 Å². The van der Waals surface area contributed by atoms with Crippen LogP contribution in [-0.2, 0) is 13.0 Å². The number of benzene rings is 1. The first-order valence-electron chi connectivity index (χ1n) is 9.74. The summed E-state index contributed by atoms with van der Waals surface area (Å²) in [7, 11) is 0. The minimum atomic E-state index is -1.30. The zero-order valence-corrected chi connectivity index (χ0v) is 16.9. The van der Waals surface area contributed by atoms with Gasteiger partial charge in [-0.05, 0) is 31.2 Å². The molecule has 1 aromatic carbocycles. The maximum atomic E-state index is 15.3. The lowest BCUT2D eigenvalue weighted by atomic mass is 9.79. The van der Waals surface area contributed by atoms with Crippen LogP contribution in [-0.4, -0.2) is 34.8 Å². The Bertz CT molecular complexity index is 997. The molecule has 1 atom stereocenters. The zero-order valence-electron chi connectivity index (χ0n) is 16.9. The molecule has 2 aromatic rings. The fourth-order valence-electron chi connectivity index (χ4n) is 4.25. The van der Waals surface area contributed by atoms with E-state index in [-0.39, 0.29) is 22.4 Å². The number of rotatable bonds is 4. The van der Waals surface area contributed by atoms with Crippen LogP contribution in [0.3, 0.4) is 0 Å². The average Bonchev–Trinajstić information content (AvgIpc) is 2.63. The molecule has 1 aliphatic heterocycles. The Morgan fingerprint density at radius 1 is 1.39 bits per heavy atom. The Labute approximate surface area is 163 Å². The molecule has 28 heavy (non-hydrogen) atoms. The summed E-state index contributed by atoms with van der Waals surface area (Å²) in [6.45, 7) is 9.70. The molecule has 0 radical (unpaired) electrons. The van der Waals surface area contributed by atoms with Gasteiger partial charge < -0.3 is 20.3 Å². The van der Waals surface area contributed by atoms with Crippen molar-refractivity contribution in [2.75, 3.05) is 18.0 Å². The fourth-order valence-corrected chi connectivity index (χ4v) is 4.25. The molecule has 0 bridgehead atoms. The van der Waals surface area contributed by atoms with Crippen molar-refractivity contribution in [1.82, 2.24) is 4.57 Å². The molecular weight excluding hydrogens is 361 g/mol. The van der Waals surface area contributed by atoms with Gasteiger partial charge in [-0.3, -0.25) is 4.79 Å². The number of hydrogen-bond acceptors (Lipinski definition) is 4. The smallest absolute Gasteiger partial charge is 0.341 e. The first-order chi connectivity index (χ1) is 13.1. The van der Waals surface area contributed by atoms with Crippen molar-refractivity contribution in [3.05, 3.63) is 39.4 Å². The van der Waals surface area contributed by atoms with E-state index in [1.54, 1.807) is 4.57 Å². The Balaban J connectivity index is 2.32. The number of fused-ring (bicyclic) bond motifs is 1. The van der Waals surface area contributed by atoms with E-state index in [2.05, 4.69) is 13.8 Å². The normalized spacial score (nSPS) is 19.2. The summed E-state index contributed by atoms with van der Waals surface area (Å²) in [6.07, 6.45) is 2.65. The fraction of sp³-hybridized carbons (Fsp3) is 0.524. The van der Waals surface area contributed by atoms with Crippen LogP contribution >= 0.6 is 0 Å². The summed E-state index contributed by atoms with van der Waals surface area (Å²) in [5.41, 5.74) is 6.94. The Kier molecular flexibility index (Phi) is 5.23. The van der Waals surface area contributed by atoms with Crippen LogP contribution < -0.4 is 16.1 Å². The summed E-state index contributed by atoms with van der Waals surface area (Å²) in [5.74, 6) is -1.79. The summed E-state index contributed by atoms with van der Waals surface area (Å²) in [4.78, 5) is 26.2. The number of pyridine rings is 1. The Hall–Kier alpha value is -2.41. The molecule has 1 saturated heterocycles. The van der Waals surface area contributed by atoms with Crippen LogP contribution in [0.5, 0.6) is 0 Å². The summed E-state index contributed by atoms with van der Waals surface area (Å²) in [6, 6.07) is 1.25. The summed E-state index contributed by atoms with van der Waals surface area (Å²) in [5, 5.41) is 9.47. The standard InChI is InChI=1S/C21H28FN3O3/c1-5-12-17-13(19(26)14(20(27)28)10-24(17)6-2)9-15(22)18(12)25-8-7-16(23)21(3,4)11-25/h9-10,16H,5-8,11,23H2,1-4H3,(H,27,28). The van der Waals surface area contributed by atoms with Gasteiger partial charge in [0.25, 0.3) is 0 Å². The van der Waals surface area contributed by atoms with Crippen molar-refractivity contribution >= 4 is 22.6 Å². The van der Waals surface area contributed by atoms with Gasteiger partial charge in [0.15, 0.2) is 0 Å². The van der Waals surface area contributed by atoms with Crippen LogP contribution in [0.1, 0.15) is 50.0 Å². The van der Waals surface area contributed by atoms with Gasteiger partial charge >= 0.3 is 5.97 Å². The Morgan fingerprint density at radius 2 is 2.07 bits per heavy atom. The second-order valence-corrected chi connectivity index (χ2v) is 8.20. The highest BCUT2D eigenvalue weighted by Crippen LogP contribution is 2.37. The van der Waals surface area contributed by atoms with E-state index in [1.165, 1.54) is 12.3 Å². The third-order valence-electron chi connectivity index (χ3n) is 5.94. The molecule has 1 aliphatic rings. The van der Waals surface area contributed by atoms with Gasteiger partial charge in [-0.1, -0.05) is 20.8 Å². The molecule has 1 aromatic heterocycles. The van der Waals surface area contributed by atoms with Gasteiger partial charge in [0, 0.05) is 42.8 Å². The number of carboxylic acids is 1. The number of nitrogens with zero attached hydrogens (tertiary/aromatic N) is 2. The van der Waals surface area contributed by atoms with E-state index < -0.39 is 17.2 Å². The lowest BCUT2D eigenvalue weighted by molar-refractivity contribution is 0.0695. The molecule has 1 fully saturated rings. The maximum Gasteiger partial charge on any atom is 0.341 e. The first-order valence-corrected chi connectivity index (χ1v) is 9.74. The monoisotopic (exact) mass is 389 g/mol. The van der Waals surface area contributed by atoms with Crippen molar-refractivity contribution < 1.29 is 14.3 Å². The highest BCUT2D eigenvalue weighted by molar-refractivity contribution is 5.95. The molecule has 0 amide bonds. The zero-order chi connectivity index (χ0) is 20.8. The SMILES string of the molecule is CCc1c(N2CCC(N)C(C)(C)C2)c(F)cc2c(=O)c(C(=O)O)cn(CC)c12. The predicted molar refractivity (Wildman–Crippen MR) is 109 cm³/mol. The van der Waals surface area contributed by atoms with Crippen LogP contribution in [0.4, 0.5) is 10.1 Å². The molecule has 1 unspecified atom stereocenters. The highest BCUT2D eigenvalue weighted by Gasteiger charge is 2.35. The number of aryl methyl sites for hydroxylation is 2. The molecule has 3 N–H and O–H groups in total. The van der Waals surface area contributed by atoms with Gasteiger partial charge in [-0.25, -0.2) is 9.18 Å². The van der Waals surface area contributed by atoms with Gasteiger partial charge in [0.1, 0.15) is 11.4 Å². The van der Waals surface area contributed by atoms with E-state index in [1.807, 2.05) is 18.7 Å². The number of aromatic carboxylic acids is 1. The number of anilines is 1. The number of carbonyl (C=O) groups is 1. The maximum absolute atomic E-state index is 15.3. The number of hydrogen-bond donors (Lipinski definition) is 2. The molecular formula is C21H28FN3O3. The minimum absolute atomic E-state index is 0.0456. The number of aromatic nitrogens is 1. The average molecular weight is 389 g/mol. The third kappa shape index (κ3) is 3.17. The number of halogens is 1. The van der Waals surface area contributed by atoms with Crippen molar-refractivity contribution in [2.24, 2.45) is 11.1 Å². The van der Waals surface area contributed by atoms with E-state index in [4.69, 9.17) is 5.73 Å². The largest absolute Gasteiger partial charge is 0.477 e. The highest BCUT2D eigenvalue weighted by atomic mass is 19.1. The van der Waals surface area contributed by atoms with Gasteiger partial charge in [0.2, 0.25) is 5.43 Å². The van der Waals surface area contributed by atoms with Crippen molar-refractivity contribution in [2.45, 2.75) is 53.1 Å². The number of piperidine rings is 1. The van der Waals surface area contributed by atoms with Gasteiger partial charge in [-0.2, -0.15) is 0 Å². The molecule has 3 rings (SSSR count). The van der Waals surface area contributed by atoms with Gasteiger partial charge in [0.05, 0.1) is 11.2 Å². The van der Waals surface area contributed by atoms with E-state index in [9.17, 15) is 14.7 Å². The lowest BCUT2D eigenvalue weighted by Crippen LogP contribution is -2.53. The lowest BCUT2D eigenvalue weighted by Gasteiger charge is -2.44. The predicted octanol–water partition coefficient (Wildman–Crippen LogP) is 2.98. The molecule has 152 valence electrons. The van der Waals surface area contributed by atoms with E-state index >= 15 is 4.39 Å². The molecule has 0 spiro atoms. The molecule has 6 nitrogen and oxygen atoms in total. The summed E-state index contributed by atoms with van der Waals surface area (Å²) >= 11 is 0. The van der Waals surface area contributed by atoms with E-state index in [0.717, 1.165) is 12.0 Å². The molecule has 0 aliphatic carbocycles. The third-order valence-corrected chi connectivity index (χ3v) is 5.94. The van der Waals surface area contributed by atoms with Crippen molar-refractivity contribution in [1.29, 1.82) is 0 Å². The van der Waals surface area contributed by atoms with Gasteiger partial charge in [-0.15, -0.1) is 0 Å². The summed E-state index contributed by atoms with van der Waals surface area (Å²) < 4.78 is 17.0. The number of nitrogens with two attached hydrogens (primary N) is 1. The Morgan fingerprint density at radius 3 is 2.61 bits per heavy atom. The minimum Gasteiger partial charge on any atom is -0.477 e. The topological polar surface area (TPSA) is 88.6 Å². The van der Waals surface area contributed by atoms with E-state index in [0.29, 0.717) is 37.3 Å². The second-order valence-electron chi connectivity index (χ2n) is 8.20. The van der Waals surface area contributed by atoms with Crippen LogP contribution in [0.15, 0.2) is 17.1 Å². The van der Waals surface area contributed by atoms with Crippen LogP contribution in [0.25, 0.3) is 10.9 Å². The second kappa shape index (κ2) is 7.20. The van der Waals surface area contributed by atoms with Crippen LogP contribution in [0, 0.1) is 11.2 Å². The molecule has 7 heteroatoms.